The van der Waals surface area contributed by atoms with Gasteiger partial charge in [-0.25, -0.2) is 22.0 Å². The molecule has 0 radical (unpaired) electrons. The summed E-state index contributed by atoms with van der Waals surface area (Å²) in [5.41, 5.74) is -1.26. The van der Waals surface area contributed by atoms with Crippen molar-refractivity contribution in [2.24, 2.45) is 7.05 Å². The van der Waals surface area contributed by atoms with Gasteiger partial charge < -0.3 is 8.98 Å². The number of fused-ring (bicyclic) bond motifs is 2. The number of aromatic nitrogens is 1. The fourth-order valence-electron chi connectivity index (χ4n) is 3.86. The first-order valence-corrected chi connectivity index (χ1v) is 10.2. The minimum atomic E-state index is -2.26. The molecule has 0 atom stereocenters. The van der Waals surface area contributed by atoms with E-state index in [0.717, 1.165) is 10.6 Å². The second kappa shape index (κ2) is 7.54. The predicted octanol–water partition coefficient (Wildman–Crippen LogP) is 6.90. The zero-order valence-electron chi connectivity index (χ0n) is 16.7. The summed E-state index contributed by atoms with van der Waals surface area (Å²) < 4.78 is 75.9. The summed E-state index contributed by atoms with van der Waals surface area (Å²) in [6, 6.07) is 5.01. The van der Waals surface area contributed by atoms with Crippen LogP contribution in [0.2, 0.25) is 10.0 Å². The van der Waals surface area contributed by atoms with Gasteiger partial charge >= 0.3 is 0 Å². The van der Waals surface area contributed by atoms with Crippen molar-refractivity contribution < 1.29 is 36.0 Å². The fraction of sp³-hybridized carbons (Fsp3) is 0.0435. The normalized spacial score (nSPS) is 13.4. The van der Waals surface area contributed by atoms with Crippen LogP contribution in [0.25, 0.3) is 28.4 Å². The smallest absolute Gasteiger partial charge is 0.200 e. The third kappa shape index (κ3) is 3.04. The first-order chi connectivity index (χ1) is 16.0. The van der Waals surface area contributed by atoms with Crippen molar-refractivity contribution in [2.45, 2.75) is 0 Å². The number of nitrogens with zero attached hydrogens (tertiary/aromatic N) is 1. The molecule has 0 N–H and O–H groups in total. The van der Waals surface area contributed by atoms with E-state index < -0.39 is 46.2 Å². The number of Topliss-reactive ketones (excluding diaryl/α,β-unsaturated/α-hetero) is 2. The highest BCUT2D eigenvalue weighted by Gasteiger charge is 2.34. The van der Waals surface area contributed by atoms with Gasteiger partial charge in [-0.3, -0.25) is 9.59 Å². The number of halogens is 7. The topological polar surface area (TPSA) is 52.2 Å². The van der Waals surface area contributed by atoms with E-state index in [0.29, 0.717) is 0 Å². The molecule has 2 aromatic heterocycles. The highest BCUT2D eigenvalue weighted by molar-refractivity contribution is 6.46. The summed E-state index contributed by atoms with van der Waals surface area (Å²) >= 11 is 11.9. The van der Waals surface area contributed by atoms with Gasteiger partial charge in [0.1, 0.15) is 5.76 Å². The Morgan fingerprint density at radius 2 is 1.29 bits per heavy atom. The number of rotatable bonds is 2. The van der Waals surface area contributed by atoms with Gasteiger partial charge in [0, 0.05) is 30.3 Å². The highest BCUT2D eigenvalue weighted by Crippen LogP contribution is 2.37. The Labute approximate surface area is 196 Å². The second-order valence-corrected chi connectivity index (χ2v) is 8.27. The van der Waals surface area contributed by atoms with Crippen LogP contribution in [0, 0.1) is 29.1 Å². The second-order valence-electron chi connectivity index (χ2n) is 7.46. The monoisotopic (exact) mass is 511 g/mol. The van der Waals surface area contributed by atoms with Gasteiger partial charge in [-0.1, -0.05) is 23.2 Å². The Hall–Kier alpha value is -3.43. The van der Waals surface area contributed by atoms with Gasteiger partial charge in [-0.15, -0.1) is 0 Å². The number of benzene rings is 2. The molecule has 4 aromatic rings. The van der Waals surface area contributed by atoms with E-state index in [4.69, 9.17) is 27.6 Å². The van der Waals surface area contributed by atoms with Crippen molar-refractivity contribution >= 4 is 51.9 Å². The zero-order valence-corrected chi connectivity index (χ0v) is 18.2. The Kier molecular flexibility index (Phi) is 4.96. The number of aryl methyl sites for hydroxylation is 1. The maximum Gasteiger partial charge on any atom is 0.200 e. The molecule has 0 aliphatic heterocycles. The summed E-state index contributed by atoms with van der Waals surface area (Å²) in [5, 5.41) is 0.208. The summed E-state index contributed by atoms with van der Waals surface area (Å²) in [5.74, 6) is -11.5. The third-order valence-corrected chi connectivity index (χ3v) is 6.26. The predicted molar refractivity (Wildman–Crippen MR) is 114 cm³/mol. The summed E-state index contributed by atoms with van der Waals surface area (Å²) in [6.07, 6.45) is 1.19. The molecule has 11 heteroatoms. The first-order valence-electron chi connectivity index (χ1n) is 9.42. The molecule has 1 aliphatic rings. The molecule has 0 unspecified atom stereocenters. The fourth-order valence-corrected chi connectivity index (χ4v) is 4.19. The van der Waals surface area contributed by atoms with E-state index in [1.165, 1.54) is 31.3 Å². The molecular formula is C23H8Cl2F5NO3. The summed E-state index contributed by atoms with van der Waals surface area (Å²) in [6.45, 7) is 0. The van der Waals surface area contributed by atoms with Gasteiger partial charge in [0.15, 0.2) is 40.4 Å². The van der Waals surface area contributed by atoms with Crippen molar-refractivity contribution in [3.8, 4) is 11.3 Å². The van der Waals surface area contributed by atoms with Crippen LogP contribution >= 0.6 is 23.2 Å². The Morgan fingerprint density at radius 3 is 1.79 bits per heavy atom. The molecule has 0 fully saturated rings. The maximum atomic E-state index is 14.3. The van der Waals surface area contributed by atoms with Crippen LogP contribution in [0.3, 0.4) is 0 Å². The molecular weight excluding hydrogens is 504 g/mol. The van der Waals surface area contributed by atoms with Gasteiger partial charge in [0.05, 0.1) is 32.4 Å². The molecule has 0 spiro atoms. The van der Waals surface area contributed by atoms with Gasteiger partial charge in [0.25, 0.3) is 0 Å². The van der Waals surface area contributed by atoms with Crippen LogP contribution in [-0.2, 0) is 7.05 Å². The van der Waals surface area contributed by atoms with Gasteiger partial charge in [0.2, 0.25) is 5.82 Å². The van der Waals surface area contributed by atoms with Gasteiger partial charge in [-0.05, 0) is 18.2 Å². The average molecular weight is 512 g/mol. The molecule has 2 aromatic carbocycles. The lowest BCUT2D eigenvalue weighted by atomic mass is 10.1. The van der Waals surface area contributed by atoms with E-state index in [1.54, 1.807) is 0 Å². The molecule has 0 saturated heterocycles. The lowest BCUT2D eigenvalue weighted by Crippen LogP contribution is -2.06. The Bertz CT molecular complexity index is 1560. The summed E-state index contributed by atoms with van der Waals surface area (Å²) in [4.78, 5) is 25.4. The van der Waals surface area contributed by atoms with Crippen molar-refractivity contribution in [1.82, 2.24) is 4.57 Å². The number of hydrogen-bond donors (Lipinski definition) is 0. The highest BCUT2D eigenvalue weighted by atomic mass is 35.5. The van der Waals surface area contributed by atoms with E-state index in [9.17, 15) is 31.5 Å². The number of allylic oxidation sites excluding steroid dienone is 1. The molecule has 172 valence electrons. The van der Waals surface area contributed by atoms with Crippen LogP contribution in [0.15, 0.2) is 34.3 Å². The summed E-state index contributed by atoms with van der Waals surface area (Å²) in [7, 11) is 1.33. The van der Waals surface area contributed by atoms with Crippen molar-refractivity contribution in [3.63, 3.8) is 0 Å². The molecule has 0 bridgehead atoms. The molecule has 1 aliphatic carbocycles. The molecule has 34 heavy (non-hydrogen) atoms. The minimum absolute atomic E-state index is 0.0230. The van der Waals surface area contributed by atoms with E-state index in [2.05, 4.69) is 0 Å². The number of hydrogen-bond acceptors (Lipinski definition) is 3. The Balaban J connectivity index is 1.60. The number of carbonyl (C=O) groups excluding carboxylic acids is 2. The van der Waals surface area contributed by atoms with E-state index >= 15 is 0 Å². The molecule has 5 rings (SSSR count). The first kappa shape index (κ1) is 22.4. The van der Waals surface area contributed by atoms with Crippen LogP contribution in [0.1, 0.15) is 26.5 Å². The number of carbonyl (C=O) groups is 2. The van der Waals surface area contributed by atoms with Crippen LogP contribution in [0.4, 0.5) is 22.0 Å². The SMILES string of the molecule is Cn1c(-c2c(F)c(F)c(F)c(F)c2F)cc2oc(C=C3C(=O)c4cc(Cl)c(Cl)cc4C3=O)cc21. The van der Waals surface area contributed by atoms with E-state index in [-0.39, 0.29) is 49.3 Å². The van der Waals surface area contributed by atoms with Crippen molar-refractivity contribution in [3.05, 3.63) is 85.9 Å². The number of ketones is 2. The molecule has 2 heterocycles. The van der Waals surface area contributed by atoms with Crippen molar-refractivity contribution in [2.75, 3.05) is 0 Å². The van der Waals surface area contributed by atoms with Crippen LogP contribution in [-0.4, -0.2) is 16.1 Å². The lowest BCUT2D eigenvalue weighted by molar-refractivity contribution is 0.0990. The Morgan fingerprint density at radius 1 is 0.794 bits per heavy atom. The third-order valence-electron chi connectivity index (χ3n) is 5.54. The maximum absolute atomic E-state index is 14.3. The quantitative estimate of drug-likeness (QED) is 0.0966. The standard InChI is InChI=1S/C23H8Cl2F5NO3/c1-31-13-3-7(2-10-22(32)8-4-11(24)12(25)5-9(8)23(10)33)34-15(13)6-14(31)16-17(26)19(28)21(30)20(29)18(16)27/h2-6H,1H3. The van der Waals surface area contributed by atoms with Gasteiger partial charge in [-0.2, -0.15) is 0 Å². The molecule has 0 saturated carbocycles. The largest absolute Gasteiger partial charge is 0.455 e. The number of furan rings is 1. The van der Waals surface area contributed by atoms with Crippen LogP contribution < -0.4 is 0 Å². The molecule has 0 amide bonds. The minimum Gasteiger partial charge on any atom is -0.455 e. The average Bonchev–Trinajstić information content (AvgIpc) is 3.40. The zero-order chi connectivity index (χ0) is 24.6. The van der Waals surface area contributed by atoms with Crippen molar-refractivity contribution in [1.29, 1.82) is 0 Å². The lowest BCUT2D eigenvalue weighted by Gasteiger charge is -2.09. The van der Waals surface area contributed by atoms with Crippen LogP contribution in [0.5, 0.6) is 0 Å². The van der Waals surface area contributed by atoms with E-state index in [1.807, 2.05) is 0 Å². The molecule has 4 nitrogen and oxygen atoms in total.